The van der Waals surface area contributed by atoms with Crippen molar-refractivity contribution in [3.05, 3.63) is 96.7 Å². The van der Waals surface area contributed by atoms with Crippen molar-refractivity contribution in [2.24, 2.45) is 0 Å². The summed E-state index contributed by atoms with van der Waals surface area (Å²) in [5.41, 5.74) is 6.58. The van der Waals surface area contributed by atoms with Crippen LogP contribution in [-0.4, -0.2) is 0 Å². The van der Waals surface area contributed by atoms with Gasteiger partial charge in [-0.3, -0.25) is 0 Å². The highest BCUT2D eigenvalue weighted by atomic mass is 14.1. The molecule has 0 amide bonds. The summed E-state index contributed by atoms with van der Waals surface area (Å²) >= 11 is 0. The largest absolute Gasteiger partial charge is 0.128 e. The van der Waals surface area contributed by atoms with E-state index in [1.165, 1.54) is 32.7 Å². The maximum absolute atomic E-state index is 3.75. The fourth-order valence-electron chi connectivity index (χ4n) is 3.26. The van der Waals surface area contributed by atoms with Crippen LogP contribution < -0.4 is 0 Å². The average molecular weight is 292 g/mol. The first-order chi connectivity index (χ1) is 11.4. The smallest absolute Gasteiger partial charge is 0.00204 e. The minimum absolute atomic E-state index is 1.15. The molecule has 0 unspecified atom stereocenters. The molecule has 0 nitrogen and oxygen atoms in total. The van der Waals surface area contributed by atoms with E-state index in [-0.39, 0.29) is 0 Å². The molecule has 0 atom stereocenters. The van der Waals surface area contributed by atoms with Crippen molar-refractivity contribution in [2.75, 3.05) is 0 Å². The lowest BCUT2D eigenvalue weighted by Crippen LogP contribution is -1.88. The monoisotopic (exact) mass is 292 g/mol. The molecule has 0 radical (unpaired) electrons. The second-order valence-corrected chi connectivity index (χ2v) is 5.63. The molecule has 23 heavy (non-hydrogen) atoms. The summed E-state index contributed by atoms with van der Waals surface area (Å²) in [6.45, 7) is 3.75. The van der Waals surface area contributed by atoms with Crippen LogP contribution in [0.3, 0.4) is 0 Å². The van der Waals surface area contributed by atoms with E-state index in [0.29, 0.717) is 0 Å². The lowest BCUT2D eigenvalue weighted by atomic mass is 9.90. The van der Waals surface area contributed by atoms with Crippen molar-refractivity contribution in [1.29, 1.82) is 0 Å². The van der Waals surface area contributed by atoms with Crippen molar-refractivity contribution in [2.45, 2.75) is 0 Å². The van der Waals surface area contributed by atoms with E-state index in [1.807, 2.05) is 6.08 Å². The summed E-state index contributed by atoms with van der Waals surface area (Å²) in [5.74, 6) is 0. The highest BCUT2D eigenvalue weighted by Gasteiger charge is 2.11. The molecule has 0 saturated heterocycles. The topological polar surface area (TPSA) is 0 Å². The molecule has 0 heterocycles. The molecular weight excluding hydrogens is 276 g/mol. The van der Waals surface area contributed by atoms with Gasteiger partial charge in [0.2, 0.25) is 0 Å². The number of benzene rings is 4. The molecule has 108 valence electrons. The summed E-state index contributed by atoms with van der Waals surface area (Å²) in [6, 6.07) is 27.8. The van der Waals surface area contributed by atoms with Crippen LogP contribution in [0.25, 0.3) is 38.7 Å². The Morgan fingerprint density at radius 3 is 2.09 bits per heavy atom. The van der Waals surface area contributed by atoms with Crippen LogP contribution in [0.15, 0.2) is 91.2 Å². The zero-order chi connectivity index (χ0) is 15.6. The van der Waals surface area contributed by atoms with Gasteiger partial charge in [-0.15, -0.1) is 5.73 Å². The lowest BCUT2D eigenvalue weighted by molar-refractivity contribution is 1.66. The first-order valence-electron chi connectivity index (χ1n) is 7.74. The molecule has 0 aromatic heterocycles. The van der Waals surface area contributed by atoms with Gasteiger partial charge in [-0.05, 0) is 44.3 Å². The number of fused-ring (bicyclic) bond motifs is 2. The van der Waals surface area contributed by atoms with Crippen LogP contribution in [0.2, 0.25) is 0 Å². The molecule has 0 fully saturated rings. The number of hydrogen-bond donors (Lipinski definition) is 0. The van der Waals surface area contributed by atoms with Crippen LogP contribution in [-0.2, 0) is 0 Å². The van der Waals surface area contributed by atoms with Gasteiger partial charge < -0.3 is 0 Å². The molecule has 0 aliphatic rings. The predicted octanol–water partition coefficient (Wildman–Crippen LogP) is 6.46. The summed E-state index contributed by atoms with van der Waals surface area (Å²) < 4.78 is 0. The summed E-state index contributed by atoms with van der Waals surface area (Å²) in [7, 11) is 0. The van der Waals surface area contributed by atoms with E-state index < -0.39 is 0 Å². The summed E-state index contributed by atoms with van der Waals surface area (Å²) in [6.07, 6.45) is 1.96. The molecule has 4 rings (SSSR count). The fraction of sp³-hybridized carbons (Fsp3) is 0. The van der Waals surface area contributed by atoms with Crippen molar-refractivity contribution < 1.29 is 0 Å². The van der Waals surface area contributed by atoms with Crippen LogP contribution >= 0.6 is 0 Å². The Bertz CT molecular complexity index is 1060. The second kappa shape index (κ2) is 5.61. The van der Waals surface area contributed by atoms with E-state index in [0.717, 1.165) is 5.56 Å². The Balaban J connectivity index is 2.19. The minimum Gasteiger partial charge on any atom is -0.128 e. The van der Waals surface area contributed by atoms with Crippen molar-refractivity contribution in [3.63, 3.8) is 0 Å². The van der Waals surface area contributed by atoms with Crippen LogP contribution in [0.4, 0.5) is 0 Å². The minimum atomic E-state index is 1.15. The van der Waals surface area contributed by atoms with Gasteiger partial charge in [-0.2, -0.15) is 0 Å². The molecular formula is C23H16. The molecule has 0 saturated carbocycles. The van der Waals surface area contributed by atoms with Gasteiger partial charge in [0.25, 0.3) is 0 Å². The predicted molar refractivity (Wildman–Crippen MR) is 100 cm³/mol. The maximum Gasteiger partial charge on any atom is -0.00204 e. The summed E-state index contributed by atoms with van der Waals surface area (Å²) in [4.78, 5) is 0. The van der Waals surface area contributed by atoms with Crippen molar-refractivity contribution in [3.8, 4) is 11.1 Å². The van der Waals surface area contributed by atoms with E-state index in [4.69, 9.17) is 0 Å². The third-order valence-corrected chi connectivity index (χ3v) is 4.28. The molecule has 4 aromatic rings. The van der Waals surface area contributed by atoms with Crippen molar-refractivity contribution in [1.82, 2.24) is 0 Å². The average Bonchev–Trinajstić information content (AvgIpc) is 2.61. The van der Waals surface area contributed by atoms with Gasteiger partial charge in [0, 0.05) is 0 Å². The van der Waals surface area contributed by atoms with Crippen LogP contribution in [0.5, 0.6) is 0 Å². The first kappa shape index (κ1) is 13.6. The standard InChI is InChI=1S/C23H16/c1-2-8-19-16-15-18-10-4-6-13-21(18)23(19)22-14-7-11-17-9-3-5-12-20(17)22/h3-16H,1H2. The molecule has 0 aliphatic heterocycles. The van der Waals surface area contributed by atoms with Gasteiger partial charge >= 0.3 is 0 Å². The van der Waals surface area contributed by atoms with Gasteiger partial charge in [-0.25, -0.2) is 0 Å². The normalized spacial score (nSPS) is 10.6. The van der Waals surface area contributed by atoms with Gasteiger partial charge in [0.1, 0.15) is 0 Å². The second-order valence-electron chi connectivity index (χ2n) is 5.63. The third kappa shape index (κ3) is 2.26. The third-order valence-electron chi connectivity index (χ3n) is 4.28. The lowest BCUT2D eigenvalue weighted by Gasteiger charge is -2.13. The van der Waals surface area contributed by atoms with Crippen molar-refractivity contribution >= 4 is 27.6 Å². The van der Waals surface area contributed by atoms with Crippen LogP contribution in [0, 0.1) is 0 Å². The Kier molecular flexibility index (Phi) is 3.31. The Labute approximate surface area is 136 Å². The summed E-state index contributed by atoms with van der Waals surface area (Å²) in [5, 5.41) is 5.03. The van der Waals surface area contributed by atoms with E-state index in [9.17, 15) is 0 Å². The highest BCUT2D eigenvalue weighted by molar-refractivity contribution is 6.08. The van der Waals surface area contributed by atoms with Gasteiger partial charge in [-0.1, -0.05) is 85.4 Å². The molecule has 4 aromatic carbocycles. The molecule has 0 N–H and O–H groups in total. The maximum atomic E-state index is 3.75. The number of rotatable bonds is 2. The van der Waals surface area contributed by atoms with E-state index >= 15 is 0 Å². The first-order valence-corrected chi connectivity index (χ1v) is 7.74. The quantitative estimate of drug-likeness (QED) is 0.372. The molecule has 0 bridgehead atoms. The SMILES string of the molecule is C=C=Cc1ccc2ccccc2c1-c1cccc2ccccc12. The van der Waals surface area contributed by atoms with Gasteiger partial charge in [0.05, 0.1) is 0 Å². The molecule has 0 aliphatic carbocycles. The zero-order valence-electron chi connectivity index (χ0n) is 12.8. The molecule has 0 spiro atoms. The zero-order valence-corrected chi connectivity index (χ0v) is 12.8. The van der Waals surface area contributed by atoms with Gasteiger partial charge in [0.15, 0.2) is 0 Å². The number of hydrogen-bond acceptors (Lipinski definition) is 0. The Morgan fingerprint density at radius 1 is 0.652 bits per heavy atom. The Morgan fingerprint density at radius 2 is 1.30 bits per heavy atom. The van der Waals surface area contributed by atoms with E-state index in [2.05, 4.69) is 91.2 Å². The highest BCUT2D eigenvalue weighted by Crippen LogP contribution is 2.37. The molecule has 0 heteroatoms. The fourth-order valence-corrected chi connectivity index (χ4v) is 3.26. The van der Waals surface area contributed by atoms with E-state index in [1.54, 1.807) is 0 Å². The Hall–Kier alpha value is -3.08. The van der Waals surface area contributed by atoms with Crippen LogP contribution in [0.1, 0.15) is 5.56 Å².